The van der Waals surface area contributed by atoms with Crippen molar-refractivity contribution in [1.82, 2.24) is 9.55 Å². The van der Waals surface area contributed by atoms with Crippen molar-refractivity contribution in [3.05, 3.63) is 62.3 Å². The zero-order valence-corrected chi connectivity index (χ0v) is 17.1. The summed E-state index contributed by atoms with van der Waals surface area (Å²) in [4.78, 5) is 40.9. The van der Waals surface area contributed by atoms with Crippen LogP contribution in [-0.2, 0) is 22.5 Å². The van der Waals surface area contributed by atoms with Gasteiger partial charge >= 0.3 is 5.69 Å². The Balaban J connectivity index is 2.41. The lowest BCUT2D eigenvalue weighted by Gasteiger charge is -2.23. The molecule has 0 aliphatic carbocycles. The van der Waals surface area contributed by atoms with E-state index in [9.17, 15) is 14.4 Å². The second-order valence-corrected chi connectivity index (χ2v) is 6.56. The van der Waals surface area contributed by atoms with Crippen molar-refractivity contribution in [3.8, 4) is 0 Å². The van der Waals surface area contributed by atoms with Gasteiger partial charge in [0.05, 0.1) is 6.61 Å². The Hall–Kier alpha value is -3.13. The van der Waals surface area contributed by atoms with E-state index in [1.807, 2.05) is 31.2 Å². The Morgan fingerprint density at radius 3 is 2.52 bits per heavy atom. The summed E-state index contributed by atoms with van der Waals surface area (Å²) >= 11 is 0. The van der Waals surface area contributed by atoms with E-state index < -0.39 is 17.2 Å². The Labute approximate surface area is 169 Å². The molecule has 2 rings (SSSR count). The number of nitrogens with one attached hydrogen (secondary N) is 1. The number of rotatable bonds is 9. The summed E-state index contributed by atoms with van der Waals surface area (Å²) in [6.45, 7) is 4.61. The number of methoxy groups -OCH3 is 1. The van der Waals surface area contributed by atoms with Crippen LogP contribution in [0.3, 0.4) is 0 Å². The summed E-state index contributed by atoms with van der Waals surface area (Å²) in [6.07, 6.45) is 4.64. The van der Waals surface area contributed by atoms with Gasteiger partial charge in [0.15, 0.2) is 5.69 Å². The Morgan fingerprint density at radius 1 is 1.24 bits per heavy atom. The normalized spacial score (nSPS) is 11.1. The lowest BCUT2D eigenvalue weighted by atomic mass is 10.1. The molecule has 2 aromatic rings. The first-order chi connectivity index (χ1) is 13.9. The lowest BCUT2D eigenvalue weighted by Crippen LogP contribution is -2.42. The topological polar surface area (TPSA) is 110 Å². The van der Waals surface area contributed by atoms with Crippen LogP contribution in [-0.4, -0.2) is 35.7 Å². The lowest BCUT2D eigenvalue weighted by molar-refractivity contribution is -0.114. The first-order valence-corrected chi connectivity index (χ1v) is 9.62. The number of nitrogen functional groups attached to an aromatic ring is 1. The maximum atomic E-state index is 12.9. The number of benzene rings is 1. The van der Waals surface area contributed by atoms with Gasteiger partial charge in [-0.2, -0.15) is 0 Å². The number of ether oxygens (including phenoxy) is 1. The minimum Gasteiger partial charge on any atom is -0.383 e. The third-order valence-corrected chi connectivity index (χ3v) is 4.52. The van der Waals surface area contributed by atoms with E-state index in [1.165, 1.54) is 28.2 Å². The summed E-state index contributed by atoms with van der Waals surface area (Å²) in [6, 6.07) is 7.84. The van der Waals surface area contributed by atoms with E-state index in [0.717, 1.165) is 12.0 Å². The SMILES string of the molecule is CCCn1c(N)c(N(CCOC)C(=O)/C=C/c2ccc(CC)cc2)c(=O)[nH]c1=O. The highest BCUT2D eigenvalue weighted by molar-refractivity contribution is 6.05. The maximum absolute atomic E-state index is 12.9. The van der Waals surface area contributed by atoms with Crippen molar-refractivity contribution < 1.29 is 9.53 Å². The van der Waals surface area contributed by atoms with Gasteiger partial charge < -0.3 is 10.5 Å². The number of hydrogen-bond acceptors (Lipinski definition) is 5. The number of anilines is 2. The van der Waals surface area contributed by atoms with Gasteiger partial charge in [0.1, 0.15) is 5.82 Å². The molecular weight excluding hydrogens is 372 g/mol. The fourth-order valence-electron chi connectivity index (χ4n) is 2.92. The van der Waals surface area contributed by atoms with Gasteiger partial charge in [-0.15, -0.1) is 0 Å². The number of nitrogens with two attached hydrogens (primary N) is 1. The molecule has 0 unspecified atom stereocenters. The van der Waals surface area contributed by atoms with Crippen molar-refractivity contribution in [2.75, 3.05) is 30.9 Å². The highest BCUT2D eigenvalue weighted by atomic mass is 16.5. The van der Waals surface area contributed by atoms with Crippen LogP contribution in [0.5, 0.6) is 0 Å². The number of carbonyl (C=O) groups excluding carboxylic acids is 1. The molecule has 1 heterocycles. The van der Waals surface area contributed by atoms with E-state index in [2.05, 4.69) is 11.9 Å². The van der Waals surface area contributed by atoms with Gasteiger partial charge in [-0.3, -0.25) is 24.0 Å². The molecule has 8 heteroatoms. The molecular formula is C21H28N4O4. The fraction of sp³-hybridized carbons (Fsp3) is 0.381. The Bertz CT molecular complexity index is 974. The number of aromatic amines is 1. The molecule has 29 heavy (non-hydrogen) atoms. The second-order valence-electron chi connectivity index (χ2n) is 6.56. The molecule has 0 radical (unpaired) electrons. The van der Waals surface area contributed by atoms with Gasteiger partial charge in [0.25, 0.3) is 11.5 Å². The number of aromatic nitrogens is 2. The van der Waals surface area contributed by atoms with Crippen LogP contribution in [0.4, 0.5) is 11.5 Å². The molecule has 0 bridgehead atoms. The summed E-state index contributed by atoms with van der Waals surface area (Å²) in [5.74, 6) is -0.466. The third-order valence-electron chi connectivity index (χ3n) is 4.52. The van der Waals surface area contributed by atoms with Crippen LogP contribution in [0.25, 0.3) is 6.08 Å². The third kappa shape index (κ3) is 5.45. The van der Waals surface area contributed by atoms with Gasteiger partial charge in [0.2, 0.25) is 0 Å². The standard InChI is InChI=1S/C21H28N4O4/c1-4-12-25-19(22)18(20(27)23-21(25)28)24(13-14-29-3)17(26)11-10-16-8-6-15(5-2)7-9-16/h6-11H,4-5,12-14,22H2,1-3H3,(H,23,27,28)/b11-10+. The van der Waals surface area contributed by atoms with E-state index >= 15 is 0 Å². The molecule has 1 aromatic heterocycles. The van der Waals surface area contributed by atoms with Crippen molar-refractivity contribution in [2.45, 2.75) is 33.2 Å². The number of carbonyl (C=O) groups is 1. The number of amides is 1. The minimum atomic E-state index is -0.704. The van der Waals surface area contributed by atoms with Crippen molar-refractivity contribution in [2.24, 2.45) is 0 Å². The Morgan fingerprint density at radius 2 is 1.93 bits per heavy atom. The van der Waals surface area contributed by atoms with Gasteiger partial charge in [-0.1, -0.05) is 38.1 Å². The summed E-state index contributed by atoms with van der Waals surface area (Å²) in [5, 5.41) is 0. The second kappa shape index (κ2) is 10.4. The largest absolute Gasteiger partial charge is 0.383 e. The predicted octanol–water partition coefficient (Wildman–Crippen LogP) is 1.78. The van der Waals surface area contributed by atoms with Crippen molar-refractivity contribution >= 4 is 23.5 Å². The molecule has 8 nitrogen and oxygen atoms in total. The molecule has 0 saturated heterocycles. The molecule has 0 spiro atoms. The molecule has 1 amide bonds. The summed E-state index contributed by atoms with van der Waals surface area (Å²) in [7, 11) is 1.50. The highest BCUT2D eigenvalue weighted by Gasteiger charge is 2.22. The maximum Gasteiger partial charge on any atom is 0.330 e. The monoisotopic (exact) mass is 400 g/mol. The molecule has 1 aromatic carbocycles. The van der Waals surface area contributed by atoms with Gasteiger partial charge in [-0.25, -0.2) is 4.79 Å². The molecule has 0 atom stereocenters. The molecule has 156 valence electrons. The average Bonchev–Trinajstić information content (AvgIpc) is 2.71. The highest BCUT2D eigenvalue weighted by Crippen LogP contribution is 2.18. The predicted molar refractivity (Wildman–Crippen MR) is 115 cm³/mol. The van der Waals surface area contributed by atoms with E-state index in [-0.39, 0.29) is 24.7 Å². The molecule has 0 aliphatic rings. The van der Waals surface area contributed by atoms with Crippen LogP contribution < -0.4 is 21.9 Å². The first kappa shape index (κ1) is 22.2. The first-order valence-electron chi connectivity index (χ1n) is 9.62. The van der Waals surface area contributed by atoms with E-state index in [1.54, 1.807) is 6.08 Å². The molecule has 0 aliphatic heterocycles. The molecule has 3 N–H and O–H groups in total. The van der Waals surface area contributed by atoms with E-state index in [0.29, 0.717) is 13.0 Å². The average molecular weight is 400 g/mol. The fourth-order valence-corrected chi connectivity index (χ4v) is 2.92. The van der Waals surface area contributed by atoms with Crippen molar-refractivity contribution in [1.29, 1.82) is 0 Å². The zero-order chi connectivity index (χ0) is 21.4. The minimum absolute atomic E-state index is 0.0363. The van der Waals surface area contributed by atoms with Crippen LogP contribution in [0, 0.1) is 0 Å². The summed E-state index contributed by atoms with van der Waals surface area (Å²) < 4.78 is 6.33. The van der Waals surface area contributed by atoms with Crippen LogP contribution in [0.2, 0.25) is 0 Å². The zero-order valence-electron chi connectivity index (χ0n) is 17.1. The number of hydrogen-bond donors (Lipinski definition) is 2. The number of aryl methyl sites for hydroxylation is 1. The van der Waals surface area contributed by atoms with Gasteiger partial charge in [-0.05, 0) is 30.0 Å². The van der Waals surface area contributed by atoms with Crippen molar-refractivity contribution in [3.63, 3.8) is 0 Å². The van der Waals surface area contributed by atoms with Crippen LogP contribution >= 0.6 is 0 Å². The molecule has 0 fully saturated rings. The van der Waals surface area contributed by atoms with Gasteiger partial charge in [0, 0.05) is 26.3 Å². The number of nitrogens with zero attached hydrogens (tertiary/aromatic N) is 2. The Kier molecular flexibility index (Phi) is 7.97. The number of H-pyrrole nitrogens is 1. The smallest absolute Gasteiger partial charge is 0.330 e. The summed E-state index contributed by atoms with van der Waals surface area (Å²) in [5.41, 5.74) is 6.82. The van der Waals surface area contributed by atoms with Crippen LogP contribution in [0.1, 0.15) is 31.4 Å². The van der Waals surface area contributed by atoms with E-state index in [4.69, 9.17) is 10.5 Å². The quantitative estimate of drug-likeness (QED) is 0.624. The van der Waals surface area contributed by atoms with Crippen LogP contribution in [0.15, 0.2) is 39.9 Å². The molecule has 0 saturated carbocycles.